The van der Waals surface area contributed by atoms with Gasteiger partial charge in [0.25, 0.3) is 15.9 Å². The summed E-state index contributed by atoms with van der Waals surface area (Å²) in [4.78, 5) is 32.7. The first kappa shape index (κ1) is 25.4. The monoisotopic (exact) mass is 536 g/mol. The molecule has 0 saturated carbocycles. The highest BCUT2D eigenvalue weighted by atomic mass is 32.2. The Morgan fingerprint density at radius 3 is 2.37 bits per heavy atom. The fourth-order valence-electron chi connectivity index (χ4n) is 4.37. The van der Waals surface area contributed by atoms with Crippen LogP contribution in [-0.4, -0.2) is 54.7 Å². The molecule has 1 N–H and O–H groups in total. The van der Waals surface area contributed by atoms with Gasteiger partial charge in [-0.05, 0) is 54.1 Å². The van der Waals surface area contributed by atoms with Crippen LogP contribution in [0.15, 0.2) is 83.9 Å². The van der Waals surface area contributed by atoms with Gasteiger partial charge in [0, 0.05) is 48.5 Å². The minimum absolute atomic E-state index is 0.0280. The van der Waals surface area contributed by atoms with Crippen LogP contribution in [0.25, 0.3) is 10.9 Å². The van der Waals surface area contributed by atoms with Crippen LogP contribution in [0.5, 0.6) is 0 Å². The maximum Gasteiger partial charge on any atom is 0.264 e. The molecule has 0 bridgehead atoms. The van der Waals surface area contributed by atoms with Crippen molar-refractivity contribution in [2.45, 2.75) is 11.4 Å². The van der Waals surface area contributed by atoms with Crippen molar-refractivity contribution in [3.8, 4) is 0 Å². The number of halogens is 2. The van der Waals surface area contributed by atoms with Crippen molar-refractivity contribution in [2.75, 3.05) is 24.4 Å². The Bertz CT molecular complexity index is 1620. The molecular weight excluding hydrogens is 514 g/mol. The number of para-hydroxylation sites is 1. The summed E-state index contributed by atoms with van der Waals surface area (Å²) in [7, 11) is -3.95. The van der Waals surface area contributed by atoms with Gasteiger partial charge in [-0.3, -0.25) is 29.1 Å². The molecule has 0 atom stereocenters. The predicted octanol–water partition coefficient (Wildman–Crippen LogP) is 3.80. The highest BCUT2D eigenvalue weighted by Gasteiger charge is 2.29. The number of sulfonamides is 1. The van der Waals surface area contributed by atoms with Crippen molar-refractivity contribution >= 4 is 38.4 Å². The molecule has 1 fully saturated rings. The summed E-state index contributed by atoms with van der Waals surface area (Å²) in [6, 6.07) is 17.3. The fourth-order valence-corrected chi connectivity index (χ4v) is 5.61. The molecule has 8 nitrogen and oxygen atoms in total. The number of hydrogen-bond donors (Lipinski definition) is 1. The Hall–Kier alpha value is -4.22. The van der Waals surface area contributed by atoms with Crippen LogP contribution in [0.1, 0.15) is 15.9 Å². The number of benzene rings is 3. The lowest BCUT2D eigenvalue weighted by Gasteiger charge is -2.33. The number of amides is 2. The smallest absolute Gasteiger partial charge is 0.264 e. The van der Waals surface area contributed by atoms with Crippen LogP contribution in [0.2, 0.25) is 0 Å². The number of rotatable bonds is 6. The third kappa shape index (κ3) is 5.38. The SMILES string of the molecule is O=C1CN(Cc2cc(F)cc(F)c2)CCN1C(=O)c1ccc(NS(=O)(=O)c2cccc3cccnc23)cc1. The first-order chi connectivity index (χ1) is 18.2. The molecule has 1 aromatic heterocycles. The topological polar surface area (TPSA) is 99.7 Å². The van der Waals surface area contributed by atoms with Crippen LogP contribution < -0.4 is 4.72 Å². The number of nitrogens with one attached hydrogen (secondary N) is 1. The summed E-state index contributed by atoms with van der Waals surface area (Å²) in [6.07, 6.45) is 1.52. The first-order valence-electron chi connectivity index (χ1n) is 11.7. The summed E-state index contributed by atoms with van der Waals surface area (Å²) >= 11 is 0. The zero-order valence-electron chi connectivity index (χ0n) is 20.0. The number of hydrogen-bond acceptors (Lipinski definition) is 6. The molecule has 2 heterocycles. The Morgan fingerprint density at radius 1 is 0.947 bits per heavy atom. The number of piperazine rings is 1. The maximum absolute atomic E-state index is 13.5. The molecule has 4 aromatic rings. The Labute approximate surface area is 217 Å². The van der Waals surface area contributed by atoms with E-state index in [9.17, 15) is 26.8 Å². The van der Waals surface area contributed by atoms with E-state index in [2.05, 4.69) is 9.71 Å². The minimum Gasteiger partial charge on any atom is -0.288 e. The van der Waals surface area contributed by atoms with Crippen molar-refractivity contribution in [1.82, 2.24) is 14.8 Å². The summed E-state index contributed by atoms with van der Waals surface area (Å²) < 4.78 is 55.4. The Morgan fingerprint density at radius 2 is 1.66 bits per heavy atom. The van der Waals surface area contributed by atoms with Gasteiger partial charge in [0.15, 0.2) is 0 Å². The van der Waals surface area contributed by atoms with Crippen molar-refractivity contribution in [1.29, 1.82) is 0 Å². The predicted molar refractivity (Wildman–Crippen MR) is 137 cm³/mol. The molecule has 1 saturated heterocycles. The lowest BCUT2D eigenvalue weighted by Crippen LogP contribution is -2.52. The Kier molecular flexibility index (Phi) is 6.87. The van der Waals surface area contributed by atoms with Crippen LogP contribution in [-0.2, 0) is 21.4 Å². The number of nitrogens with zero attached hydrogens (tertiary/aromatic N) is 3. The second-order valence-electron chi connectivity index (χ2n) is 8.85. The van der Waals surface area contributed by atoms with Gasteiger partial charge in [0.2, 0.25) is 5.91 Å². The zero-order valence-corrected chi connectivity index (χ0v) is 20.8. The molecule has 1 aliphatic heterocycles. The highest BCUT2D eigenvalue weighted by Crippen LogP contribution is 2.24. The lowest BCUT2D eigenvalue weighted by molar-refractivity contribution is -0.133. The molecule has 2 amide bonds. The fraction of sp³-hybridized carbons (Fsp3) is 0.148. The number of fused-ring (bicyclic) bond motifs is 1. The molecule has 5 rings (SSSR count). The average molecular weight is 537 g/mol. The van der Waals surface area contributed by atoms with Crippen LogP contribution in [0.3, 0.4) is 0 Å². The van der Waals surface area contributed by atoms with Crippen molar-refractivity contribution in [3.05, 3.63) is 102 Å². The van der Waals surface area contributed by atoms with Crippen LogP contribution in [0.4, 0.5) is 14.5 Å². The molecule has 1 aliphatic rings. The van der Waals surface area contributed by atoms with Crippen molar-refractivity contribution < 1.29 is 26.8 Å². The summed E-state index contributed by atoms with van der Waals surface area (Å²) in [5.41, 5.74) is 1.20. The summed E-state index contributed by atoms with van der Waals surface area (Å²) in [6.45, 7) is 0.537. The van der Waals surface area contributed by atoms with E-state index in [-0.39, 0.29) is 35.8 Å². The molecule has 0 aliphatic carbocycles. The number of carbonyl (C=O) groups excluding carboxylic acids is 2. The number of pyridine rings is 1. The average Bonchev–Trinajstić information content (AvgIpc) is 2.88. The lowest BCUT2D eigenvalue weighted by atomic mass is 10.1. The van der Waals surface area contributed by atoms with Gasteiger partial charge in [-0.15, -0.1) is 0 Å². The van der Waals surface area contributed by atoms with E-state index >= 15 is 0 Å². The van der Waals surface area contributed by atoms with Gasteiger partial charge in [0.05, 0.1) is 12.1 Å². The number of anilines is 1. The van der Waals surface area contributed by atoms with E-state index in [4.69, 9.17) is 0 Å². The van der Waals surface area contributed by atoms with Gasteiger partial charge in [0.1, 0.15) is 16.5 Å². The second kappa shape index (κ2) is 10.3. The van der Waals surface area contributed by atoms with Gasteiger partial charge in [-0.2, -0.15) is 0 Å². The minimum atomic E-state index is -3.95. The van der Waals surface area contributed by atoms with Gasteiger partial charge >= 0.3 is 0 Å². The van der Waals surface area contributed by atoms with E-state index in [1.807, 2.05) is 0 Å². The van der Waals surface area contributed by atoms with E-state index < -0.39 is 33.5 Å². The molecule has 0 radical (unpaired) electrons. The quantitative estimate of drug-likeness (QED) is 0.377. The number of aromatic nitrogens is 1. The first-order valence-corrected chi connectivity index (χ1v) is 13.2. The standard InChI is InChI=1S/C27H22F2N4O4S/c28-21-13-18(14-22(29)15-21)16-32-11-12-33(25(34)17-32)27(35)20-6-8-23(9-7-20)31-38(36,37)24-5-1-3-19-4-2-10-30-26(19)24/h1-10,13-15,31H,11-12,16-17H2. The third-order valence-electron chi connectivity index (χ3n) is 6.14. The van der Waals surface area contributed by atoms with Crippen LogP contribution in [0, 0.1) is 11.6 Å². The zero-order chi connectivity index (χ0) is 26.9. The highest BCUT2D eigenvalue weighted by molar-refractivity contribution is 7.93. The molecular formula is C27H22F2N4O4S. The number of imide groups is 1. The third-order valence-corrected chi connectivity index (χ3v) is 7.56. The molecule has 3 aromatic carbocycles. The summed E-state index contributed by atoms with van der Waals surface area (Å²) in [5.74, 6) is -2.34. The molecule has 11 heteroatoms. The van der Waals surface area contributed by atoms with E-state index in [0.29, 0.717) is 23.0 Å². The molecule has 0 unspecified atom stereocenters. The van der Waals surface area contributed by atoms with Crippen molar-refractivity contribution in [3.63, 3.8) is 0 Å². The molecule has 38 heavy (non-hydrogen) atoms. The number of carbonyl (C=O) groups is 2. The van der Waals surface area contributed by atoms with Crippen LogP contribution >= 0.6 is 0 Å². The van der Waals surface area contributed by atoms with Gasteiger partial charge in [-0.1, -0.05) is 18.2 Å². The second-order valence-corrected chi connectivity index (χ2v) is 10.5. The largest absolute Gasteiger partial charge is 0.288 e. The van der Waals surface area contributed by atoms with E-state index in [1.165, 1.54) is 48.7 Å². The van der Waals surface area contributed by atoms with Gasteiger partial charge < -0.3 is 0 Å². The normalized spacial score (nSPS) is 14.6. The van der Waals surface area contributed by atoms with Gasteiger partial charge in [-0.25, -0.2) is 17.2 Å². The molecule has 194 valence electrons. The van der Waals surface area contributed by atoms with E-state index in [0.717, 1.165) is 11.0 Å². The summed E-state index contributed by atoms with van der Waals surface area (Å²) in [5, 5.41) is 0.684. The molecule has 0 spiro atoms. The maximum atomic E-state index is 13.5. The van der Waals surface area contributed by atoms with Crippen molar-refractivity contribution in [2.24, 2.45) is 0 Å². The van der Waals surface area contributed by atoms with E-state index in [1.54, 1.807) is 29.2 Å². The Balaban J connectivity index is 1.24.